The van der Waals surface area contributed by atoms with Gasteiger partial charge in [0.15, 0.2) is 5.69 Å². The van der Waals surface area contributed by atoms with Gasteiger partial charge in [-0.05, 0) is 25.5 Å². The van der Waals surface area contributed by atoms with Gasteiger partial charge >= 0.3 is 18.2 Å². The second-order valence-corrected chi connectivity index (χ2v) is 9.23. The van der Waals surface area contributed by atoms with E-state index in [4.69, 9.17) is 0 Å². The molecular weight excluding hydrogens is 541 g/mol. The molecule has 39 heavy (non-hydrogen) atoms. The number of nitrogens with zero attached hydrogens (tertiary/aromatic N) is 4. The van der Waals surface area contributed by atoms with Gasteiger partial charge in [-0.2, -0.15) is 13.2 Å². The van der Waals surface area contributed by atoms with Crippen molar-refractivity contribution >= 4 is 35.1 Å². The molecule has 12 nitrogen and oxygen atoms in total. The van der Waals surface area contributed by atoms with E-state index in [0.717, 1.165) is 16.7 Å². The van der Waals surface area contributed by atoms with Gasteiger partial charge in [-0.25, -0.2) is 25.0 Å². The molecule has 1 fully saturated rings. The maximum absolute atomic E-state index is 13.2. The van der Waals surface area contributed by atoms with E-state index in [-0.39, 0.29) is 28.5 Å². The van der Waals surface area contributed by atoms with Gasteiger partial charge in [-0.3, -0.25) is 20.5 Å². The van der Waals surface area contributed by atoms with Gasteiger partial charge in [-0.1, -0.05) is 0 Å². The van der Waals surface area contributed by atoms with Crippen LogP contribution in [0.4, 0.5) is 28.6 Å². The van der Waals surface area contributed by atoms with Gasteiger partial charge in [0.25, 0.3) is 5.91 Å². The molecule has 1 atom stereocenters. The van der Waals surface area contributed by atoms with E-state index in [9.17, 15) is 32.7 Å². The molecule has 0 bridgehead atoms. The van der Waals surface area contributed by atoms with Crippen molar-refractivity contribution in [1.82, 2.24) is 36.0 Å². The summed E-state index contributed by atoms with van der Waals surface area (Å²) in [6.07, 6.45) is -0.885. The lowest BCUT2D eigenvalue weighted by Gasteiger charge is -2.17. The fourth-order valence-corrected chi connectivity index (χ4v) is 4.54. The average Bonchev–Trinajstić information content (AvgIpc) is 3.57. The first-order valence-corrected chi connectivity index (χ1v) is 12.5. The number of rotatable bonds is 5. The zero-order valence-electron chi connectivity index (χ0n) is 20.4. The summed E-state index contributed by atoms with van der Waals surface area (Å²) in [7, 11) is 0. The third-order valence-corrected chi connectivity index (χ3v) is 6.43. The number of anilines is 1. The largest absolute Gasteiger partial charge is 0.434 e. The molecule has 0 aliphatic carbocycles. The third-order valence-electron chi connectivity index (χ3n) is 5.55. The Labute approximate surface area is 223 Å². The predicted molar refractivity (Wildman–Crippen MR) is 134 cm³/mol. The van der Waals surface area contributed by atoms with Crippen LogP contribution in [0.1, 0.15) is 29.4 Å². The number of pyridine rings is 2. The normalized spacial score (nSPS) is 15.1. The van der Waals surface area contributed by atoms with Gasteiger partial charge in [0, 0.05) is 60.3 Å². The maximum atomic E-state index is 13.2. The van der Waals surface area contributed by atoms with Crippen LogP contribution in [0.3, 0.4) is 0 Å². The molecule has 1 aliphatic rings. The quantitative estimate of drug-likeness (QED) is 0.298. The number of aromatic nitrogens is 3. The van der Waals surface area contributed by atoms with Crippen molar-refractivity contribution in [2.75, 3.05) is 25.0 Å². The number of halogens is 3. The zero-order chi connectivity index (χ0) is 28.2. The second-order valence-electron chi connectivity index (χ2n) is 8.37. The summed E-state index contributed by atoms with van der Waals surface area (Å²) in [5.41, 5.74) is 4.36. The van der Waals surface area contributed by atoms with Crippen LogP contribution in [-0.4, -0.2) is 68.7 Å². The van der Waals surface area contributed by atoms with E-state index in [1.165, 1.54) is 35.6 Å². The Morgan fingerprint density at radius 1 is 1.15 bits per heavy atom. The topological polar surface area (TPSA) is 161 Å². The maximum Gasteiger partial charge on any atom is 0.434 e. The van der Waals surface area contributed by atoms with Crippen molar-refractivity contribution in [3.8, 4) is 21.7 Å². The zero-order valence-corrected chi connectivity index (χ0v) is 21.2. The molecule has 4 rings (SSSR count). The molecule has 3 aromatic heterocycles. The van der Waals surface area contributed by atoms with Gasteiger partial charge in [0.1, 0.15) is 10.8 Å². The first kappa shape index (κ1) is 27.7. The first-order chi connectivity index (χ1) is 18.5. The number of nitrogens with one attached hydrogen (secondary N) is 4. The van der Waals surface area contributed by atoms with E-state index in [1.807, 2.05) is 0 Å². The molecule has 0 unspecified atom stereocenters. The van der Waals surface area contributed by atoms with Crippen LogP contribution in [0.25, 0.3) is 21.7 Å². The number of carbonyl (C=O) groups is 3. The van der Waals surface area contributed by atoms with Crippen molar-refractivity contribution < 1.29 is 32.7 Å². The molecular formula is C23H23F3N8O4S. The summed E-state index contributed by atoms with van der Waals surface area (Å²) in [6.45, 7) is 2.55. The summed E-state index contributed by atoms with van der Waals surface area (Å²) in [4.78, 5) is 50.1. The number of alkyl halides is 3. The molecule has 0 radical (unpaired) electrons. The van der Waals surface area contributed by atoms with Crippen LogP contribution in [0.2, 0.25) is 0 Å². The van der Waals surface area contributed by atoms with Crippen LogP contribution in [-0.2, 0) is 6.18 Å². The fourth-order valence-electron chi connectivity index (χ4n) is 3.68. The van der Waals surface area contributed by atoms with Gasteiger partial charge in [0.05, 0.1) is 11.7 Å². The Morgan fingerprint density at radius 3 is 2.62 bits per heavy atom. The van der Waals surface area contributed by atoms with Crippen LogP contribution in [0, 0.1) is 0 Å². The molecule has 4 heterocycles. The van der Waals surface area contributed by atoms with E-state index < -0.39 is 35.9 Å². The number of carbonyl (C=O) groups excluding carboxylic acids is 3. The Balaban J connectivity index is 1.61. The smallest absolute Gasteiger partial charge is 0.391 e. The number of thiazole rings is 1. The van der Waals surface area contributed by atoms with Crippen molar-refractivity contribution in [1.29, 1.82) is 0 Å². The number of aliphatic hydroxyl groups excluding tert-OH is 1. The van der Waals surface area contributed by atoms with Crippen molar-refractivity contribution in [3.05, 3.63) is 47.4 Å². The number of hydrogen-bond donors (Lipinski definition) is 5. The monoisotopic (exact) mass is 564 g/mol. The summed E-state index contributed by atoms with van der Waals surface area (Å²) >= 11 is 0.753. The Kier molecular flexibility index (Phi) is 8.25. The Hall–Kier alpha value is -4.31. The van der Waals surface area contributed by atoms with Crippen molar-refractivity contribution in [2.45, 2.75) is 25.6 Å². The minimum atomic E-state index is -4.65. The van der Waals surface area contributed by atoms with E-state index in [2.05, 4.69) is 36.4 Å². The molecule has 0 aromatic carbocycles. The number of hydrazine groups is 1. The molecule has 1 saturated heterocycles. The summed E-state index contributed by atoms with van der Waals surface area (Å²) in [6, 6.07) is 1.66. The van der Waals surface area contributed by atoms with E-state index in [1.54, 1.807) is 6.92 Å². The lowest BCUT2D eigenvalue weighted by molar-refractivity contribution is -0.140. The van der Waals surface area contributed by atoms with Gasteiger partial charge in [-0.15, -0.1) is 11.3 Å². The first-order valence-electron chi connectivity index (χ1n) is 11.6. The van der Waals surface area contributed by atoms with E-state index >= 15 is 0 Å². The van der Waals surface area contributed by atoms with Gasteiger partial charge in [0.2, 0.25) is 0 Å². The highest BCUT2D eigenvalue weighted by Crippen LogP contribution is 2.38. The van der Waals surface area contributed by atoms with Crippen LogP contribution in [0.5, 0.6) is 0 Å². The van der Waals surface area contributed by atoms with Gasteiger partial charge < -0.3 is 15.3 Å². The molecule has 0 spiro atoms. The molecule has 206 valence electrons. The minimum Gasteiger partial charge on any atom is -0.391 e. The Morgan fingerprint density at radius 2 is 1.95 bits per heavy atom. The fraction of sp³-hybridized carbons (Fsp3) is 0.304. The Bertz CT molecular complexity index is 1380. The standard InChI is InChI=1S/C23H23F3N8O4S/c1-2-28-21(37)31-18-6-15(20-30-17(11-39-20)23(24,25)26)16(9-29-18)12-5-13(8-27-7-12)19(36)32-33-22(38)34-4-3-14(35)10-34/h5-9,11,14,35H,2-4,10H2,1H3,(H,32,36)(H,33,38)(H2,28,29,31,37)/t14-/m0/s1. The lowest BCUT2D eigenvalue weighted by Crippen LogP contribution is -2.48. The van der Waals surface area contributed by atoms with Crippen LogP contribution in [0.15, 0.2) is 36.1 Å². The average molecular weight is 565 g/mol. The number of aliphatic hydroxyl groups is 1. The van der Waals surface area contributed by atoms with Crippen molar-refractivity contribution in [2.24, 2.45) is 0 Å². The molecule has 5 amide bonds. The third kappa shape index (κ3) is 6.77. The van der Waals surface area contributed by atoms with E-state index in [0.29, 0.717) is 30.6 Å². The minimum absolute atomic E-state index is 0.00796. The summed E-state index contributed by atoms with van der Waals surface area (Å²) in [5, 5.41) is 15.5. The SMILES string of the molecule is CCNC(=O)Nc1cc(-c2nc(C(F)(F)F)cs2)c(-c2cncc(C(=O)NNC(=O)N3CC[C@H](O)C3)c2)cn1. The molecule has 5 N–H and O–H groups in total. The number of amides is 5. The number of hydrogen-bond acceptors (Lipinski definition) is 8. The van der Waals surface area contributed by atoms with Crippen LogP contribution >= 0.6 is 11.3 Å². The number of likely N-dealkylation sites (tertiary alicyclic amines) is 1. The molecule has 3 aromatic rings. The lowest BCUT2D eigenvalue weighted by atomic mass is 10.0. The summed E-state index contributed by atoms with van der Waals surface area (Å²) in [5.74, 6) is -0.629. The highest BCUT2D eigenvalue weighted by Gasteiger charge is 2.34. The highest BCUT2D eigenvalue weighted by molar-refractivity contribution is 7.13. The predicted octanol–water partition coefficient (Wildman–Crippen LogP) is 2.85. The van der Waals surface area contributed by atoms with Crippen molar-refractivity contribution in [3.63, 3.8) is 0 Å². The van der Waals surface area contributed by atoms with Crippen LogP contribution < -0.4 is 21.5 Å². The summed E-state index contributed by atoms with van der Waals surface area (Å²) < 4.78 is 39.7. The number of urea groups is 2. The molecule has 1 aliphatic heterocycles. The molecule has 0 saturated carbocycles. The number of β-amino-alcohol motifs (C(OH)–C–C–N with tert-alkyl or cyclic N) is 1. The highest BCUT2D eigenvalue weighted by atomic mass is 32.1. The second kappa shape index (κ2) is 11.6. The molecule has 16 heteroatoms.